The third-order valence-corrected chi connectivity index (χ3v) is 3.20. The van der Waals surface area contributed by atoms with Crippen LogP contribution in [0.4, 0.5) is 11.8 Å². The van der Waals surface area contributed by atoms with Gasteiger partial charge in [0, 0.05) is 25.7 Å². The highest BCUT2D eigenvalue weighted by atomic mass is 15.3. The summed E-state index contributed by atoms with van der Waals surface area (Å²) in [6, 6.07) is 0. The zero-order valence-corrected chi connectivity index (χ0v) is 10.4. The van der Waals surface area contributed by atoms with Gasteiger partial charge in [0.2, 0.25) is 5.95 Å². The summed E-state index contributed by atoms with van der Waals surface area (Å²) in [5, 5.41) is 3.16. The molecule has 1 saturated heterocycles. The Morgan fingerprint density at radius 1 is 1.25 bits per heavy atom. The van der Waals surface area contributed by atoms with Crippen LogP contribution in [0.5, 0.6) is 0 Å². The number of nitrogens with zero attached hydrogens (tertiary/aromatic N) is 3. The van der Waals surface area contributed by atoms with E-state index in [2.05, 4.69) is 34.0 Å². The molecule has 0 aromatic carbocycles. The molecule has 0 radical (unpaired) electrons. The minimum Gasteiger partial charge on any atom is -0.373 e. The first-order chi connectivity index (χ1) is 7.76. The number of aryl methyl sites for hydroxylation is 1. The molecule has 1 aliphatic rings. The van der Waals surface area contributed by atoms with E-state index >= 15 is 0 Å². The van der Waals surface area contributed by atoms with Crippen molar-refractivity contribution in [2.45, 2.75) is 33.1 Å². The van der Waals surface area contributed by atoms with Crippen LogP contribution in [0.3, 0.4) is 0 Å². The van der Waals surface area contributed by atoms with Crippen LogP contribution in [-0.2, 0) is 6.42 Å². The normalized spacial score (nSPS) is 15.6. The summed E-state index contributed by atoms with van der Waals surface area (Å²) >= 11 is 0. The van der Waals surface area contributed by atoms with Crippen LogP contribution in [0.2, 0.25) is 0 Å². The summed E-state index contributed by atoms with van der Waals surface area (Å²) in [4.78, 5) is 11.5. The Bertz CT molecular complexity index is 344. The highest BCUT2D eigenvalue weighted by Gasteiger charge is 2.17. The van der Waals surface area contributed by atoms with Gasteiger partial charge in [0.15, 0.2) is 0 Å². The van der Waals surface area contributed by atoms with E-state index in [4.69, 9.17) is 0 Å². The molecule has 88 valence electrons. The molecule has 4 nitrogen and oxygen atoms in total. The summed E-state index contributed by atoms with van der Waals surface area (Å²) in [5.74, 6) is 1.86. The standard InChI is InChI=1S/C12H20N4/c1-4-10-9(2)11(13-3)15-12(14-10)16-7-5-6-8-16/h4-8H2,1-3H3,(H,13,14,15). The Morgan fingerprint density at radius 2 is 1.94 bits per heavy atom. The summed E-state index contributed by atoms with van der Waals surface area (Å²) in [7, 11) is 1.92. The molecule has 0 aliphatic carbocycles. The maximum absolute atomic E-state index is 4.66. The van der Waals surface area contributed by atoms with Gasteiger partial charge in [-0.1, -0.05) is 6.92 Å². The molecule has 1 aliphatic heterocycles. The van der Waals surface area contributed by atoms with E-state index in [1.54, 1.807) is 0 Å². The third kappa shape index (κ3) is 1.96. The lowest BCUT2D eigenvalue weighted by Crippen LogP contribution is -2.22. The molecular weight excluding hydrogens is 200 g/mol. The minimum atomic E-state index is 0.893. The number of nitrogens with one attached hydrogen (secondary N) is 1. The number of aromatic nitrogens is 2. The Morgan fingerprint density at radius 3 is 2.50 bits per heavy atom. The van der Waals surface area contributed by atoms with Crippen LogP contribution in [0.25, 0.3) is 0 Å². The smallest absolute Gasteiger partial charge is 0.227 e. The molecule has 1 aromatic heterocycles. The van der Waals surface area contributed by atoms with Crippen LogP contribution in [0.1, 0.15) is 31.0 Å². The number of hydrogen-bond acceptors (Lipinski definition) is 4. The molecule has 0 amide bonds. The first-order valence-electron chi connectivity index (χ1n) is 6.06. The lowest BCUT2D eigenvalue weighted by Gasteiger charge is -2.18. The molecule has 0 bridgehead atoms. The summed E-state index contributed by atoms with van der Waals surface area (Å²) in [6.07, 6.45) is 3.48. The van der Waals surface area contributed by atoms with Crippen molar-refractivity contribution in [1.29, 1.82) is 0 Å². The van der Waals surface area contributed by atoms with Gasteiger partial charge in [-0.3, -0.25) is 0 Å². The van der Waals surface area contributed by atoms with E-state index in [1.165, 1.54) is 18.4 Å². The van der Waals surface area contributed by atoms with Gasteiger partial charge < -0.3 is 10.2 Å². The number of rotatable bonds is 3. The molecule has 1 aromatic rings. The highest BCUT2D eigenvalue weighted by molar-refractivity contribution is 5.50. The maximum Gasteiger partial charge on any atom is 0.227 e. The van der Waals surface area contributed by atoms with Crippen LogP contribution >= 0.6 is 0 Å². The van der Waals surface area contributed by atoms with Gasteiger partial charge in [-0.25, -0.2) is 4.98 Å². The monoisotopic (exact) mass is 220 g/mol. The van der Waals surface area contributed by atoms with Gasteiger partial charge in [-0.2, -0.15) is 4.98 Å². The predicted molar refractivity (Wildman–Crippen MR) is 67.1 cm³/mol. The lowest BCUT2D eigenvalue weighted by molar-refractivity contribution is 0.867. The summed E-state index contributed by atoms with van der Waals surface area (Å²) < 4.78 is 0. The van der Waals surface area contributed by atoms with Crippen LogP contribution < -0.4 is 10.2 Å². The van der Waals surface area contributed by atoms with E-state index in [9.17, 15) is 0 Å². The molecule has 1 N–H and O–H groups in total. The largest absolute Gasteiger partial charge is 0.373 e. The maximum atomic E-state index is 4.66. The van der Waals surface area contributed by atoms with Gasteiger partial charge in [0.25, 0.3) is 0 Å². The molecule has 4 heteroatoms. The van der Waals surface area contributed by atoms with Crippen molar-refractivity contribution in [1.82, 2.24) is 9.97 Å². The highest BCUT2D eigenvalue weighted by Crippen LogP contribution is 2.22. The fourth-order valence-corrected chi connectivity index (χ4v) is 2.20. The van der Waals surface area contributed by atoms with E-state index < -0.39 is 0 Å². The number of anilines is 2. The molecule has 0 spiro atoms. The van der Waals surface area contributed by atoms with Gasteiger partial charge in [-0.15, -0.1) is 0 Å². The second kappa shape index (κ2) is 4.68. The van der Waals surface area contributed by atoms with E-state index in [-0.39, 0.29) is 0 Å². The van der Waals surface area contributed by atoms with Crippen molar-refractivity contribution in [2.75, 3.05) is 30.4 Å². The Balaban J connectivity index is 2.37. The molecule has 0 unspecified atom stereocenters. The second-order valence-electron chi connectivity index (χ2n) is 4.24. The van der Waals surface area contributed by atoms with E-state index in [0.717, 1.165) is 37.0 Å². The minimum absolute atomic E-state index is 0.893. The quantitative estimate of drug-likeness (QED) is 0.845. The van der Waals surface area contributed by atoms with E-state index in [0.29, 0.717) is 0 Å². The Kier molecular flexibility index (Phi) is 3.27. The van der Waals surface area contributed by atoms with Crippen LogP contribution in [-0.4, -0.2) is 30.1 Å². The topological polar surface area (TPSA) is 41.1 Å². The lowest BCUT2D eigenvalue weighted by atomic mass is 10.2. The SMILES string of the molecule is CCc1nc(N2CCCC2)nc(NC)c1C. The zero-order valence-electron chi connectivity index (χ0n) is 10.4. The van der Waals surface area contributed by atoms with Crippen molar-refractivity contribution in [3.63, 3.8) is 0 Å². The number of hydrogen-bond donors (Lipinski definition) is 1. The fourth-order valence-electron chi connectivity index (χ4n) is 2.20. The van der Waals surface area contributed by atoms with Crippen LogP contribution in [0.15, 0.2) is 0 Å². The molecule has 2 rings (SSSR count). The average molecular weight is 220 g/mol. The van der Waals surface area contributed by atoms with Crippen molar-refractivity contribution in [3.05, 3.63) is 11.3 Å². The van der Waals surface area contributed by atoms with Gasteiger partial charge >= 0.3 is 0 Å². The average Bonchev–Trinajstić information content (AvgIpc) is 2.83. The first-order valence-corrected chi connectivity index (χ1v) is 6.06. The summed E-state index contributed by atoms with van der Waals surface area (Å²) in [6.45, 7) is 6.41. The van der Waals surface area contributed by atoms with Crippen molar-refractivity contribution >= 4 is 11.8 Å². The molecule has 0 saturated carbocycles. The van der Waals surface area contributed by atoms with Gasteiger partial charge in [-0.05, 0) is 26.2 Å². The van der Waals surface area contributed by atoms with Crippen molar-refractivity contribution in [3.8, 4) is 0 Å². The molecule has 16 heavy (non-hydrogen) atoms. The fraction of sp³-hybridized carbons (Fsp3) is 0.667. The molecule has 1 fully saturated rings. The molecular formula is C12H20N4. The predicted octanol–water partition coefficient (Wildman–Crippen LogP) is 1.99. The Labute approximate surface area is 97.1 Å². The Hall–Kier alpha value is -1.32. The van der Waals surface area contributed by atoms with Gasteiger partial charge in [0.1, 0.15) is 5.82 Å². The van der Waals surface area contributed by atoms with Crippen LogP contribution in [0, 0.1) is 6.92 Å². The van der Waals surface area contributed by atoms with Crippen molar-refractivity contribution in [2.24, 2.45) is 0 Å². The molecule has 2 heterocycles. The van der Waals surface area contributed by atoms with Gasteiger partial charge in [0.05, 0.1) is 5.69 Å². The first kappa shape index (κ1) is 11.2. The van der Waals surface area contributed by atoms with Crippen molar-refractivity contribution < 1.29 is 0 Å². The third-order valence-electron chi connectivity index (χ3n) is 3.20. The second-order valence-corrected chi connectivity index (χ2v) is 4.24. The summed E-state index contributed by atoms with van der Waals surface area (Å²) in [5.41, 5.74) is 2.33. The zero-order chi connectivity index (χ0) is 11.5. The van der Waals surface area contributed by atoms with E-state index in [1.807, 2.05) is 7.05 Å². The molecule has 0 atom stereocenters.